The van der Waals surface area contributed by atoms with Gasteiger partial charge in [0.1, 0.15) is 0 Å². The lowest BCUT2D eigenvalue weighted by molar-refractivity contribution is 0.166. The molecule has 0 aliphatic heterocycles. The molecule has 0 spiro atoms. The van der Waals surface area contributed by atoms with Crippen molar-refractivity contribution in [3.8, 4) is 0 Å². The van der Waals surface area contributed by atoms with Gasteiger partial charge >= 0.3 is 0 Å². The summed E-state index contributed by atoms with van der Waals surface area (Å²) in [4.78, 5) is 0. The third-order valence-corrected chi connectivity index (χ3v) is 8.82. The summed E-state index contributed by atoms with van der Waals surface area (Å²) in [6.07, 6.45) is 11.0. The molecule has 0 amide bonds. The number of unbranched alkanes of at least 4 members (excludes halogenated alkanes) is 5. The molecule has 2 nitrogen and oxygen atoms in total. The summed E-state index contributed by atoms with van der Waals surface area (Å²) in [5.41, 5.74) is -0.405. The fourth-order valence-electron chi connectivity index (χ4n) is 3.79. The van der Waals surface area contributed by atoms with Crippen molar-refractivity contribution in [2.45, 2.75) is 70.6 Å². The highest BCUT2D eigenvalue weighted by atomic mass is 31.2. The Labute approximate surface area is 171 Å². The zero-order valence-electron chi connectivity index (χ0n) is 17.3. The lowest BCUT2D eigenvalue weighted by Gasteiger charge is -2.30. The Balaban J connectivity index is 2.26. The molecule has 2 aromatic rings. The van der Waals surface area contributed by atoms with Gasteiger partial charge in [0.2, 0.25) is 0 Å². The van der Waals surface area contributed by atoms with Crippen LogP contribution in [-0.2, 0) is 4.57 Å². The molecule has 0 aliphatic carbocycles. The highest BCUT2D eigenvalue weighted by Crippen LogP contribution is 2.51. The Bertz CT molecular complexity index is 696. The summed E-state index contributed by atoms with van der Waals surface area (Å²) in [7, 11) is -3.01. The van der Waals surface area contributed by atoms with E-state index in [9.17, 15) is 9.67 Å². The Morgan fingerprint density at radius 1 is 0.857 bits per heavy atom. The van der Waals surface area contributed by atoms with Crippen LogP contribution in [0.1, 0.15) is 58.8 Å². The zero-order valence-corrected chi connectivity index (χ0v) is 18.2. The molecule has 0 bridgehead atoms. The van der Waals surface area contributed by atoms with E-state index >= 15 is 0 Å². The van der Waals surface area contributed by atoms with Gasteiger partial charge in [-0.1, -0.05) is 118 Å². The van der Waals surface area contributed by atoms with E-state index in [4.69, 9.17) is 0 Å². The Morgan fingerprint density at radius 2 is 1.36 bits per heavy atom. The molecule has 0 unspecified atom stereocenters. The number of allylic oxidation sites excluding steroid dienone is 1. The van der Waals surface area contributed by atoms with Crippen LogP contribution in [-0.4, -0.2) is 16.9 Å². The van der Waals surface area contributed by atoms with Crippen LogP contribution in [0.15, 0.2) is 72.8 Å². The van der Waals surface area contributed by atoms with Gasteiger partial charge in [-0.15, -0.1) is 0 Å². The molecular weight excluding hydrogens is 363 g/mol. The summed E-state index contributed by atoms with van der Waals surface area (Å²) in [6, 6.07) is 19.3. The monoisotopic (exact) mass is 398 g/mol. The van der Waals surface area contributed by atoms with Crippen LogP contribution >= 0.6 is 7.14 Å². The third-order valence-electron chi connectivity index (χ3n) is 5.34. The maximum Gasteiger partial charge on any atom is 0.152 e. The second kappa shape index (κ2) is 12.0. The van der Waals surface area contributed by atoms with Crippen molar-refractivity contribution in [3.05, 3.63) is 72.8 Å². The number of aliphatic hydroxyl groups excluding tert-OH is 1. The van der Waals surface area contributed by atoms with Crippen molar-refractivity contribution in [3.63, 3.8) is 0 Å². The van der Waals surface area contributed by atoms with Gasteiger partial charge in [0.25, 0.3) is 0 Å². The van der Waals surface area contributed by atoms with E-state index in [1.807, 2.05) is 79.7 Å². The van der Waals surface area contributed by atoms with Crippen LogP contribution in [0.3, 0.4) is 0 Å². The number of benzene rings is 2. The van der Waals surface area contributed by atoms with Gasteiger partial charge in [-0.25, -0.2) is 0 Å². The predicted octanol–water partition coefficient (Wildman–Crippen LogP) is 6.06. The van der Waals surface area contributed by atoms with Gasteiger partial charge in [0, 0.05) is 10.6 Å². The summed E-state index contributed by atoms with van der Waals surface area (Å²) in [5, 5.41) is 12.7. The Kier molecular flexibility index (Phi) is 9.75. The Morgan fingerprint density at radius 3 is 1.86 bits per heavy atom. The molecule has 0 saturated carbocycles. The molecule has 2 rings (SSSR count). The topological polar surface area (TPSA) is 37.3 Å². The maximum atomic E-state index is 14.5. The van der Waals surface area contributed by atoms with Gasteiger partial charge < -0.3 is 9.67 Å². The molecule has 0 radical (unpaired) electrons. The molecule has 0 heterocycles. The average molecular weight is 399 g/mol. The normalized spacial score (nSPS) is 14.2. The number of rotatable bonds is 12. The van der Waals surface area contributed by atoms with Gasteiger partial charge in [-0.05, 0) is 13.3 Å². The van der Waals surface area contributed by atoms with Gasteiger partial charge in [0.05, 0.1) is 11.8 Å². The molecule has 2 aromatic carbocycles. The summed E-state index contributed by atoms with van der Waals surface area (Å²) >= 11 is 0. The smallest absolute Gasteiger partial charge is 0.152 e. The third kappa shape index (κ3) is 5.93. The molecule has 0 fully saturated rings. The van der Waals surface area contributed by atoms with Crippen LogP contribution in [0.5, 0.6) is 0 Å². The second-order valence-electron chi connectivity index (χ2n) is 7.47. The molecule has 0 saturated heterocycles. The molecule has 152 valence electrons. The van der Waals surface area contributed by atoms with E-state index in [2.05, 4.69) is 6.92 Å². The molecule has 0 aromatic heterocycles. The van der Waals surface area contributed by atoms with Gasteiger partial charge in [0.15, 0.2) is 7.14 Å². The van der Waals surface area contributed by atoms with Crippen LogP contribution in [0.2, 0.25) is 0 Å². The van der Waals surface area contributed by atoms with E-state index in [-0.39, 0.29) is 0 Å². The van der Waals surface area contributed by atoms with Crippen molar-refractivity contribution < 1.29 is 9.67 Å². The van der Waals surface area contributed by atoms with Crippen LogP contribution in [0, 0.1) is 0 Å². The molecule has 28 heavy (non-hydrogen) atoms. The lowest BCUT2D eigenvalue weighted by Crippen LogP contribution is -2.33. The van der Waals surface area contributed by atoms with Crippen molar-refractivity contribution in [1.82, 2.24) is 0 Å². The molecule has 3 heteroatoms. The second-order valence-corrected chi connectivity index (χ2v) is 10.4. The maximum absolute atomic E-state index is 14.5. The van der Waals surface area contributed by atoms with E-state index in [1.54, 1.807) is 0 Å². The van der Waals surface area contributed by atoms with Gasteiger partial charge in [-0.2, -0.15) is 0 Å². The van der Waals surface area contributed by atoms with E-state index < -0.39 is 18.9 Å². The highest BCUT2D eigenvalue weighted by molar-refractivity contribution is 7.79. The first-order valence-electron chi connectivity index (χ1n) is 10.7. The fourth-order valence-corrected chi connectivity index (χ4v) is 7.05. The lowest BCUT2D eigenvalue weighted by atomic mass is 10.1. The largest absolute Gasteiger partial charge is 0.392 e. The SMILES string of the molecule is C/C=C/[C@@H]([C@@H](O)CCCCCCCC)P(=O)(c1ccccc1)c1ccccc1. The quantitative estimate of drug-likeness (QED) is 0.268. The minimum absolute atomic E-state index is 0.405. The van der Waals surface area contributed by atoms with E-state index in [0.29, 0.717) is 6.42 Å². The first-order valence-corrected chi connectivity index (χ1v) is 12.4. The van der Waals surface area contributed by atoms with Crippen molar-refractivity contribution in [1.29, 1.82) is 0 Å². The van der Waals surface area contributed by atoms with E-state index in [1.165, 1.54) is 25.7 Å². The van der Waals surface area contributed by atoms with Crippen LogP contribution in [0.4, 0.5) is 0 Å². The van der Waals surface area contributed by atoms with Crippen molar-refractivity contribution in [2.75, 3.05) is 0 Å². The van der Waals surface area contributed by atoms with Crippen LogP contribution in [0.25, 0.3) is 0 Å². The highest BCUT2D eigenvalue weighted by Gasteiger charge is 2.38. The molecule has 2 atom stereocenters. The average Bonchev–Trinajstić information content (AvgIpc) is 2.75. The van der Waals surface area contributed by atoms with Gasteiger partial charge in [-0.3, -0.25) is 0 Å². The summed E-state index contributed by atoms with van der Waals surface area (Å²) < 4.78 is 14.5. The molecule has 0 aliphatic rings. The number of hydrogen-bond donors (Lipinski definition) is 1. The predicted molar refractivity (Wildman–Crippen MR) is 122 cm³/mol. The first-order chi connectivity index (χ1) is 13.6. The molecule has 1 N–H and O–H groups in total. The number of aliphatic hydroxyl groups is 1. The Hall–Kier alpha value is -1.63. The fraction of sp³-hybridized carbons (Fsp3) is 0.440. The zero-order chi connectivity index (χ0) is 20.2. The summed E-state index contributed by atoms with van der Waals surface area (Å²) in [6.45, 7) is 4.15. The van der Waals surface area contributed by atoms with Crippen LogP contribution < -0.4 is 10.6 Å². The minimum Gasteiger partial charge on any atom is -0.392 e. The first kappa shape index (κ1) is 22.7. The van der Waals surface area contributed by atoms with Crippen molar-refractivity contribution >= 4 is 17.8 Å². The molecular formula is C25H35O2P. The minimum atomic E-state index is -3.01. The number of hydrogen-bond acceptors (Lipinski definition) is 2. The van der Waals surface area contributed by atoms with Crippen molar-refractivity contribution in [2.24, 2.45) is 0 Å². The summed E-state index contributed by atoms with van der Waals surface area (Å²) in [5.74, 6) is 0. The standard InChI is InChI=1S/C25H35O2P/c1-3-5-6-7-8-15-21-24(26)25(16-4-2)28(27,22-17-11-9-12-18-22)23-19-13-10-14-20-23/h4,9-14,16-20,24-26H,3,5-8,15,21H2,1-2H3/b16-4+/t24-,25-/m0/s1. The van der Waals surface area contributed by atoms with E-state index in [0.717, 1.165) is 23.5 Å².